The summed E-state index contributed by atoms with van der Waals surface area (Å²) < 4.78 is 68.8. The summed E-state index contributed by atoms with van der Waals surface area (Å²) in [5.74, 6) is 0. The number of nitrogens with one attached hydrogen (secondary N) is 2. The van der Waals surface area contributed by atoms with Crippen molar-refractivity contribution in [1.82, 2.24) is 0 Å². The van der Waals surface area contributed by atoms with Crippen molar-refractivity contribution in [2.75, 3.05) is 8.25 Å². The van der Waals surface area contributed by atoms with Crippen LogP contribution in [-0.4, -0.2) is 8.42 Å². The number of alkyl halides is 3. The van der Waals surface area contributed by atoms with Gasteiger partial charge in [-0.2, -0.15) is 0 Å². The first-order valence-electron chi connectivity index (χ1n) is 6.59. The molecule has 0 heterocycles. The Bertz CT molecular complexity index is 874. The first-order chi connectivity index (χ1) is 11.5. The Morgan fingerprint density at radius 3 is 2.36 bits per heavy atom. The van der Waals surface area contributed by atoms with Crippen LogP contribution in [0, 0.1) is 6.92 Å². The molecule has 0 radical (unpaired) electrons. The molecule has 0 fully saturated rings. The molecule has 4 nitrogen and oxygen atoms in total. The van der Waals surface area contributed by atoms with E-state index in [1.165, 1.54) is 0 Å². The molecule has 0 aliphatic carbocycles. The van der Waals surface area contributed by atoms with Crippen molar-refractivity contribution in [1.29, 1.82) is 0 Å². The average Bonchev–Trinajstić information content (AvgIpc) is 2.49. The van der Waals surface area contributed by atoms with E-state index in [1.807, 2.05) is 6.92 Å². The quantitative estimate of drug-likeness (QED) is 0.281. The molecule has 0 saturated carbocycles. The van der Waals surface area contributed by atoms with Crippen molar-refractivity contribution in [3.05, 3.63) is 53.6 Å². The van der Waals surface area contributed by atoms with E-state index in [4.69, 9.17) is 0 Å². The zero-order valence-corrected chi connectivity index (χ0v) is 19.8. The molecule has 2 N–H and O–H groups in total. The summed E-state index contributed by atoms with van der Waals surface area (Å²) in [6.07, 6.45) is -4.60. The molecular weight excluding hydrogens is 698 g/mol. The predicted molar refractivity (Wildman–Crippen MR) is 119 cm³/mol. The van der Waals surface area contributed by atoms with E-state index in [1.54, 1.807) is 18.2 Å². The van der Waals surface area contributed by atoms with Crippen LogP contribution in [0.1, 0.15) is 11.1 Å². The number of halogens is 6. The zero-order valence-electron chi connectivity index (χ0n) is 12.5. The van der Waals surface area contributed by atoms with Crippen molar-refractivity contribution < 1.29 is 21.6 Å². The SMILES string of the molecule is Cc1ccc(NS(=O)(=O)c2cccc(C(F)(F)F)c2)cc1NI(I)I. The number of anilines is 2. The minimum atomic E-state index is -4.60. The minimum absolute atomic E-state index is 0.288. The van der Waals surface area contributed by atoms with Crippen molar-refractivity contribution in [2.45, 2.75) is 18.0 Å². The zero-order chi connectivity index (χ0) is 18.8. The van der Waals surface area contributed by atoms with E-state index in [2.05, 4.69) is 45.5 Å². The molecule has 0 bridgehead atoms. The van der Waals surface area contributed by atoms with Gasteiger partial charge in [0.2, 0.25) is 0 Å². The first-order valence-corrected chi connectivity index (χ1v) is 21.7. The second-order valence-corrected chi connectivity index (χ2v) is 29.7. The Morgan fingerprint density at radius 1 is 1.08 bits per heavy atom. The van der Waals surface area contributed by atoms with Gasteiger partial charge in [0, 0.05) is 0 Å². The summed E-state index contributed by atoms with van der Waals surface area (Å²) in [6, 6.07) is 8.62. The number of hydrogen-bond donors (Lipinski definition) is 2. The van der Waals surface area contributed by atoms with Crippen LogP contribution in [0.5, 0.6) is 0 Å². The van der Waals surface area contributed by atoms with Gasteiger partial charge in [0.25, 0.3) is 0 Å². The third-order valence-electron chi connectivity index (χ3n) is 3.13. The summed E-state index contributed by atoms with van der Waals surface area (Å²) in [4.78, 5) is -0.436. The van der Waals surface area contributed by atoms with E-state index >= 15 is 0 Å². The topological polar surface area (TPSA) is 58.2 Å². The fraction of sp³-hybridized carbons (Fsp3) is 0.143. The Kier molecular flexibility index (Phi) is 7.09. The molecule has 0 aromatic heterocycles. The molecule has 0 saturated heterocycles. The molecule has 0 amide bonds. The van der Waals surface area contributed by atoms with Crippen LogP contribution in [0.15, 0.2) is 47.4 Å². The first kappa shape index (κ1) is 21.3. The number of hydrogen-bond acceptors (Lipinski definition) is 3. The molecule has 11 heteroatoms. The van der Waals surface area contributed by atoms with Crippen LogP contribution in [0.2, 0.25) is 0 Å². The molecule has 0 atom stereocenters. The molecule has 25 heavy (non-hydrogen) atoms. The van der Waals surface area contributed by atoms with Gasteiger partial charge in [-0.05, 0) is 0 Å². The molecule has 0 aliphatic heterocycles. The Labute approximate surface area is 170 Å². The molecule has 138 valence electrons. The normalized spacial score (nSPS) is 12.6. The Balaban J connectivity index is 2.33. The molecule has 2 aromatic rings. The van der Waals surface area contributed by atoms with E-state index in [-0.39, 0.29) is 5.69 Å². The van der Waals surface area contributed by atoms with E-state index in [0.29, 0.717) is 6.07 Å². The van der Waals surface area contributed by atoms with Gasteiger partial charge in [0.1, 0.15) is 0 Å². The van der Waals surface area contributed by atoms with Crippen molar-refractivity contribution >= 4 is 70.8 Å². The van der Waals surface area contributed by atoms with E-state index in [0.717, 1.165) is 29.4 Å². The fourth-order valence-electron chi connectivity index (χ4n) is 1.92. The summed E-state index contributed by atoms with van der Waals surface area (Å²) in [5.41, 5.74) is 1.04. The van der Waals surface area contributed by atoms with E-state index in [9.17, 15) is 21.6 Å². The average molecular weight is 710 g/mol. The van der Waals surface area contributed by atoms with Crippen LogP contribution < -0.4 is 8.25 Å². The van der Waals surface area contributed by atoms with Crippen LogP contribution in [-0.2, 0) is 16.2 Å². The maximum atomic E-state index is 12.8. The number of aryl methyl sites for hydroxylation is 1. The van der Waals surface area contributed by atoms with Gasteiger partial charge < -0.3 is 0 Å². The summed E-state index contributed by atoms with van der Waals surface area (Å²) in [6.45, 7) is 1.89. The number of benzene rings is 2. The standard InChI is InChI=1S/C14H12F3I3N2O2S/c1-9-5-6-11(8-13(9)21-20(18)19)22-25(23,24)12-4-2-3-10(7-12)14(15,16)17/h2-8,21-22H,1H3. The molecule has 2 aromatic carbocycles. The van der Waals surface area contributed by atoms with Crippen molar-refractivity contribution in [3.63, 3.8) is 0 Å². The number of rotatable bonds is 5. The van der Waals surface area contributed by atoms with Crippen LogP contribution >= 0.6 is 49.4 Å². The molecule has 0 spiro atoms. The van der Waals surface area contributed by atoms with Gasteiger partial charge in [-0.25, -0.2) is 0 Å². The summed E-state index contributed by atoms with van der Waals surface area (Å²) in [7, 11) is -4.12. The van der Waals surface area contributed by atoms with Crippen molar-refractivity contribution in [3.8, 4) is 0 Å². The number of sulfonamides is 1. The Hall–Kier alpha value is -0.0300. The van der Waals surface area contributed by atoms with E-state index < -0.39 is 38.8 Å². The second-order valence-electron chi connectivity index (χ2n) is 4.95. The van der Waals surface area contributed by atoms with Crippen LogP contribution in [0.3, 0.4) is 0 Å². The van der Waals surface area contributed by atoms with Gasteiger partial charge in [0.05, 0.1) is 0 Å². The molecule has 2 rings (SSSR count). The van der Waals surface area contributed by atoms with Crippen LogP contribution in [0.25, 0.3) is 0 Å². The maximum absolute atomic E-state index is 12.8. The third-order valence-corrected chi connectivity index (χ3v) is 8.24. The van der Waals surface area contributed by atoms with Gasteiger partial charge >= 0.3 is 172 Å². The summed E-state index contributed by atoms with van der Waals surface area (Å²) in [5, 5.41) is 0. The second kappa shape index (κ2) is 8.33. The third kappa shape index (κ3) is 5.98. The monoisotopic (exact) mass is 710 g/mol. The van der Waals surface area contributed by atoms with Crippen LogP contribution in [0.4, 0.5) is 24.5 Å². The predicted octanol–water partition coefficient (Wildman–Crippen LogP) is 6.35. The van der Waals surface area contributed by atoms with Crippen molar-refractivity contribution in [2.24, 2.45) is 0 Å². The molecular formula is C14H12F3I3N2O2S. The fourth-order valence-corrected chi connectivity index (χ4v) is 6.98. The van der Waals surface area contributed by atoms with Gasteiger partial charge in [-0.3, -0.25) is 0 Å². The van der Waals surface area contributed by atoms with Gasteiger partial charge in [-0.1, -0.05) is 0 Å². The summed E-state index contributed by atoms with van der Waals surface area (Å²) >= 11 is 3.26. The molecule has 0 unspecified atom stereocenters. The van der Waals surface area contributed by atoms with Gasteiger partial charge in [0.15, 0.2) is 0 Å². The Morgan fingerprint density at radius 2 is 1.76 bits per heavy atom. The molecule has 0 aliphatic rings. The van der Waals surface area contributed by atoms with Gasteiger partial charge in [-0.15, -0.1) is 0 Å².